The second kappa shape index (κ2) is 55.8. The first-order valence-electron chi connectivity index (χ1n) is 29.8. The Balaban J connectivity index is 3.90. The van der Waals surface area contributed by atoms with E-state index in [1.807, 2.05) is 0 Å². The van der Waals surface area contributed by atoms with E-state index in [1.165, 1.54) is 244 Å². The number of rotatable bonds is 57. The zero-order chi connectivity index (χ0) is 50.2. The zero-order valence-corrected chi connectivity index (χ0v) is 46.5. The summed E-state index contributed by atoms with van der Waals surface area (Å²) in [6, 6.07) is 0. The van der Waals surface area contributed by atoms with Crippen molar-refractivity contribution in [2.75, 3.05) is 26.4 Å². The van der Waals surface area contributed by atoms with Gasteiger partial charge in [-0.3, -0.25) is 18.6 Å². The monoisotopic (exact) mass is 996 g/mol. The quantitative estimate of drug-likeness (QED) is 0.0264. The first-order valence-corrected chi connectivity index (χ1v) is 31.3. The van der Waals surface area contributed by atoms with E-state index in [1.54, 1.807) is 0 Å². The van der Waals surface area contributed by atoms with Crippen LogP contribution in [0.3, 0.4) is 0 Å². The molecule has 0 spiro atoms. The van der Waals surface area contributed by atoms with Crippen molar-refractivity contribution in [1.82, 2.24) is 0 Å². The molecule has 9 nitrogen and oxygen atoms in total. The van der Waals surface area contributed by atoms with Gasteiger partial charge >= 0.3 is 19.8 Å². The fourth-order valence-corrected chi connectivity index (χ4v) is 9.63. The Morgan fingerprint density at radius 1 is 0.420 bits per heavy atom. The summed E-state index contributed by atoms with van der Waals surface area (Å²) in [4.78, 5) is 35.2. The third kappa shape index (κ3) is 55.7. The molecule has 0 saturated heterocycles. The molecular weight excluding hydrogens is 882 g/mol. The molecule has 0 aromatic carbocycles. The maximum atomic E-state index is 12.7. The van der Waals surface area contributed by atoms with Crippen molar-refractivity contribution in [2.45, 2.75) is 315 Å². The number of nitrogens with two attached hydrogens (primary N) is 1. The van der Waals surface area contributed by atoms with Crippen molar-refractivity contribution in [3.05, 3.63) is 24.3 Å². The van der Waals surface area contributed by atoms with Gasteiger partial charge in [0.05, 0.1) is 13.2 Å². The topological polar surface area (TPSA) is 134 Å². The zero-order valence-electron chi connectivity index (χ0n) is 45.6. The second-order valence-electron chi connectivity index (χ2n) is 20.2. The fourth-order valence-electron chi connectivity index (χ4n) is 8.86. The predicted octanol–water partition coefficient (Wildman–Crippen LogP) is 18.6. The number of hydrogen-bond acceptors (Lipinski definition) is 8. The van der Waals surface area contributed by atoms with Crippen LogP contribution in [0, 0.1) is 0 Å². The van der Waals surface area contributed by atoms with Crippen molar-refractivity contribution in [1.29, 1.82) is 0 Å². The van der Waals surface area contributed by atoms with E-state index in [0.717, 1.165) is 32.1 Å². The molecule has 0 bridgehead atoms. The molecule has 0 aromatic heterocycles. The van der Waals surface area contributed by atoms with Crippen molar-refractivity contribution in [3.63, 3.8) is 0 Å². The Kier molecular flexibility index (Phi) is 54.6. The smallest absolute Gasteiger partial charge is 0.462 e. The van der Waals surface area contributed by atoms with Crippen LogP contribution in [0.15, 0.2) is 24.3 Å². The fraction of sp³-hybridized carbons (Fsp3) is 0.898. The predicted molar refractivity (Wildman–Crippen MR) is 294 cm³/mol. The van der Waals surface area contributed by atoms with Gasteiger partial charge in [-0.25, -0.2) is 4.57 Å². The molecule has 0 fully saturated rings. The van der Waals surface area contributed by atoms with Gasteiger partial charge in [0.2, 0.25) is 0 Å². The summed E-state index contributed by atoms with van der Waals surface area (Å²) in [6.07, 6.45) is 65.3. The van der Waals surface area contributed by atoms with E-state index < -0.39 is 26.5 Å². The SMILES string of the molecule is CCCCCCCC/C=C\CCCCCCCCCCCC(=O)OCC(COP(=O)(O)OCCN)OC(=O)CCCCCCCCCCCCCCCCCCC/C=C\CCCCCCCCCC. The number of phosphoric ester groups is 1. The summed E-state index contributed by atoms with van der Waals surface area (Å²) in [5, 5.41) is 0. The number of unbranched alkanes of at least 4 members (excludes halogenated alkanes) is 40. The molecule has 2 atom stereocenters. The molecule has 0 aliphatic heterocycles. The summed E-state index contributed by atoms with van der Waals surface area (Å²) in [6.45, 7) is 3.79. The van der Waals surface area contributed by atoms with Gasteiger partial charge in [-0.2, -0.15) is 0 Å². The molecule has 0 aromatic rings. The molecule has 0 rings (SSSR count). The number of esters is 2. The van der Waals surface area contributed by atoms with Crippen LogP contribution >= 0.6 is 7.82 Å². The van der Waals surface area contributed by atoms with Crippen molar-refractivity contribution in [3.8, 4) is 0 Å². The molecule has 69 heavy (non-hydrogen) atoms. The van der Waals surface area contributed by atoms with E-state index in [4.69, 9.17) is 24.3 Å². The summed E-state index contributed by atoms with van der Waals surface area (Å²) in [5.41, 5.74) is 5.38. The lowest BCUT2D eigenvalue weighted by atomic mass is 10.0. The minimum absolute atomic E-state index is 0.0555. The molecule has 0 amide bonds. The van der Waals surface area contributed by atoms with Gasteiger partial charge in [-0.1, -0.05) is 256 Å². The summed E-state index contributed by atoms with van der Waals surface area (Å²) < 4.78 is 33.0. The highest BCUT2D eigenvalue weighted by molar-refractivity contribution is 7.47. The first kappa shape index (κ1) is 67.5. The molecule has 3 N–H and O–H groups in total. The molecule has 10 heteroatoms. The number of carbonyl (C=O) groups excluding carboxylic acids is 2. The van der Waals surface area contributed by atoms with Gasteiger partial charge in [0, 0.05) is 19.4 Å². The Bertz CT molecular complexity index is 1180. The van der Waals surface area contributed by atoms with Crippen molar-refractivity contribution in [2.24, 2.45) is 5.73 Å². The Morgan fingerprint density at radius 3 is 1.03 bits per heavy atom. The third-order valence-corrected chi connectivity index (χ3v) is 14.3. The van der Waals surface area contributed by atoms with Crippen LogP contribution in [0.25, 0.3) is 0 Å². The van der Waals surface area contributed by atoms with Crippen LogP contribution in [-0.2, 0) is 32.7 Å². The summed E-state index contributed by atoms with van der Waals surface area (Å²) >= 11 is 0. The van der Waals surface area contributed by atoms with Crippen LogP contribution < -0.4 is 5.73 Å². The second-order valence-corrected chi connectivity index (χ2v) is 21.7. The van der Waals surface area contributed by atoms with Crippen LogP contribution in [0.4, 0.5) is 0 Å². The van der Waals surface area contributed by atoms with Gasteiger partial charge < -0.3 is 20.1 Å². The summed E-state index contributed by atoms with van der Waals surface area (Å²) in [5.74, 6) is -0.813. The minimum atomic E-state index is -4.38. The van der Waals surface area contributed by atoms with Crippen molar-refractivity contribution < 1.29 is 37.6 Å². The van der Waals surface area contributed by atoms with Gasteiger partial charge in [0.15, 0.2) is 6.10 Å². The van der Waals surface area contributed by atoms with Gasteiger partial charge in [-0.15, -0.1) is 0 Å². The molecule has 0 radical (unpaired) electrons. The Labute approximate surface area is 427 Å². The van der Waals surface area contributed by atoms with Gasteiger partial charge in [0.1, 0.15) is 6.61 Å². The highest BCUT2D eigenvalue weighted by atomic mass is 31.2. The number of ether oxygens (including phenoxy) is 2. The highest BCUT2D eigenvalue weighted by Gasteiger charge is 2.26. The number of phosphoric acid groups is 1. The maximum absolute atomic E-state index is 12.7. The average Bonchev–Trinajstić information content (AvgIpc) is 3.34. The number of hydrogen-bond donors (Lipinski definition) is 2. The summed E-state index contributed by atoms with van der Waals surface area (Å²) in [7, 11) is -4.38. The lowest BCUT2D eigenvalue weighted by Gasteiger charge is -2.19. The lowest BCUT2D eigenvalue weighted by molar-refractivity contribution is -0.161. The molecule has 0 heterocycles. The Hall–Kier alpha value is -1.51. The minimum Gasteiger partial charge on any atom is -0.462 e. The molecule has 2 unspecified atom stereocenters. The average molecular weight is 997 g/mol. The van der Waals surface area contributed by atoms with Gasteiger partial charge in [0.25, 0.3) is 0 Å². The molecule has 408 valence electrons. The van der Waals surface area contributed by atoms with Crippen LogP contribution in [0.5, 0.6) is 0 Å². The number of allylic oxidation sites excluding steroid dienone is 4. The standard InChI is InChI=1S/C59H114NO8P/c1-3-5-7-9-11-13-15-17-19-21-23-24-25-26-27-28-29-30-31-32-34-36-38-40-42-44-46-48-50-52-59(62)68-57(56-67-69(63,64)66-54-53-60)55-65-58(61)51-49-47-45-43-41-39-37-35-33-22-20-18-16-14-12-10-8-6-4-2/h18,20-21,23,57H,3-17,19,22,24-56,60H2,1-2H3,(H,63,64)/b20-18-,23-21-. The van der Waals surface area contributed by atoms with Gasteiger partial charge in [-0.05, 0) is 64.2 Å². The van der Waals surface area contributed by atoms with E-state index in [9.17, 15) is 19.0 Å². The van der Waals surface area contributed by atoms with E-state index in [-0.39, 0.29) is 38.6 Å². The van der Waals surface area contributed by atoms with Crippen LogP contribution in [0.2, 0.25) is 0 Å². The van der Waals surface area contributed by atoms with Crippen LogP contribution in [0.1, 0.15) is 309 Å². The molecular formula is C59H114NO8P. The maximum Gasteiger partial charge on any atom is 0.472 e. The first-order chi connectivity index (χ1) is 33.8. The molecule has 0 saturated carbocycles. The highest BCUT2D eigenvalue weighted by Crippen LogP contribution is 2.43. The normalized spacial score (nSPS) is 13.2. The van der Waals surface area contributed by atoms with E-state index >= 15 is 0 Å². The lowest BCUT2D eigenvalue weighted by Crippen LogP contribution is -2.29. The van der Waals surface area contributed by atoms with E-state index in [2.05, 4.69) is 38.2 Å². The molecule has 0 aliphatic carbocycles. The number of carbonyl (C=O) groups is 2. The third-order valence-electron chi connectivity index (χ3n) is 13.3. The van der Waals surface area contributed by atoms with Crippen molar-refractivity contribution >= 4 is 19.8 Å². The molecule has 0 aliphatic rings. The van der Waals surface area contributed by atoms with Crippen LogP contribution in [-0.4, -0.2) is 49.3 Å². The van der Waals surface area contributed by atoms with E-state index in [0.29, 0.717) is 6.42 Å². The largest absolute Gasteiger partial charge is 0.472 e. The Morgan fingerprint density at radius 2 is 0.710 bits per heavy atom.